The third-order valence-corrected chi connectivity index (χ3v) is 7.60. The molecule has 0 saturated carbocycles. The monoisotopic (exact) mass is 528 g/mol. The standard InChI is InChI=1S/C32H25ClN6/c1-20-17-18-23(19-25(20)33)34-30-32-36-31-28(21(2)37-39(31)24-13-7-4-8-14-24)29(22-11-5-3-6-12-22)38(32)27-16-10-9-15-26(27)35-30/h3-19,29H,1-2H3,(H,34,35)/t29-/m0/s1. The van der Waals surface area contributed by atoms with Crippen molar-refractivity contribution in [3.8, 4) is 5.69 Å². The number of hydrogen-bond donors (Lipinski definition) is 1. The first-order valence-corrected chi connectivity index (χ1v) is 13.3. The van der Waals surface area contributed by atoms with Crippen LogP contribution in [0.3, 0.4) is 0 Å². The molecule has 1 N–H and O–H groups in total. The number of para-hydroxylation sites is 3. The molecule has 7 rings (SSSR count). The van der Waals surface area contributed by atoms with Crippen LogP contribution in [-0.4, -0.2) is 21.5 Å². The van der Waals surface area contributed by atoms with Crippen molar-refractivity contribution in [2.24, 2.45) is 9.98 Å². The summed E-state index contributed by atoms with van der Waals surface area (Å²) in [5.41, 5.74) is 7.85. The third-order valence-electron chi connectivity index (χ3n) is 7.19. The van der Waals surface area contributed by atoms with E-state index in [4.69, 9.17) is 26.7 Å². The molecule has 39 heavy (non-hydrogen) atoms. The van der Waals surface area contributed by atoms with E-state index in [1.165, 1.54) is 0 Å². The molecule has 0 fully saturated rings. The van der Waals surface area contributed by atoms with Crippen molar-refractivity contribution in [2.45, 2.75) is 19.9 Å². The number of anilines is 2. The highest BCUT2D eigenvalue weighted by Gasteiger charge is 2.41. The van der Waals surface area contributed by atoms with Crippen molar-refractivity contribution in [3.05, 3.63) is 131 Å². The number of amidine groups is 2. The quantitative estimate of drug-likeness (QED) is 0.258. The van der Waals surface area contributed by atoms with Gasteiger partial charge in [-0.2, -0.15) is 5.10 Å². The maximum absolute atomic E-state index is 6.48. The van der Waals surface area contributed by atoms with E-state index in [1.54, 1.807) is 0 Å². The minimum absolute atomic E-state index is 0.152. The first kappa shape index (κ1) is 23.4. The van der Waals surface area contributed by atoms with Gasteiger partial charge in [0.1, 0.15) is 0 Å². The fraction of sp³-hybridized carbons (Fsp3) is 0.0938. The summed E-state index contributed by atoms with van der Waals surface area (Å²) < 4.78 is 1.94. The number of halogens is 1. The van der Waals surface area contributed by atoms with Crippen LogP contribution in [0.5, 0.6) is 0 Å². The second-order valence-corrected chi connectivity index (χ2v) is 10.1. The van der Waals surface area contributed by atoms with Crippen molar-refractivity contribution < 1.29 is 0 Å². The molecule has 5 aromatic rings. The van der Waals surface area contributed by atoms with Crippen LogP contribution in [0.15, 0.2) is 113 Å². The van der Waals surface area contributed by atoms with Gasteiger partial charge in [-0.15, -0.1) is 0 Å². The van der Waals surface area contributed by atoms with Crippen molar-refractivity contribution >= 4 is 46.2 Å². The van der Waals surface area contributed by atoms with E-state index in [0.29, 0.717) is 10.9 Å². The fourth-order valence-electron chi connectivity index (χ4n) is 5.30. The summed E-state index contributed by atoms with van der Waals surface area (Å²) in [5.74, 6) is 2.18. The van der Waals surface area contributed by atoms with E-state index in [9.17, 15) is 0 Å². The lowest BCUT2D eigenvalue weighted by atomic mass is 9.93. The van der Waals surface area contributed by atoms with Gasteiger partial charge in [0.15, 0.2) is 17.5 Å². The molecule has 0 bridgehead atoms. The average Bonchev–Trinajstić information content (AvgIpc) is 3.31. The maximum Gasteiger partial charge on any atom is 0.179 e. The maximum atomic E-state index is 6.48. The highest BCUT2D eigenvalue weighted by atomic mass is 35.5. The summed E-state index contributed by atoms with van der Waals surface area (Å²) in [5, 5.41) is 9.20. The first-order valence-electron chi connectivity index (χ1n) is 12.9. The molecule has 0 unspecified atom stereocenters. The number of aliphatic imine (C=N–C) groups is 2. The molecule has 6 nitrogen and oxygen atoms in total. The molecule has 0 aliphatic carbocycles. The molecule has 4 aromatic carbocycles. The van der Waals surface area contributed by atoms with E-state index in [-0.39, 0.29) is 6.04 Å². The van der Waals surface area contributed by atoms with Gasteiger partial charge in [0.2, 0.25) is 0 Å². The molecule has 0 saturated heterocycles. The van der Waals surface area contributed by atoms with Gasteiger partial charge in [0.25, 0.3) is 0 Å². The summed E-state index contributed by atoms with van der Waals surface area (Å²) in [6.07, 6.45) is 0. The largest absolute Gasteiger partial charge is 0.337 e. The summed E-state index contributed by atoms with van der Waals surface area (Å²) >= 11 is 6.48. The van der Waals surface area contributed by atoms with Crippen molar-refractivity contribution in [1.29, 1.82) is 0 Å². The normalized spacial score (nSPS) is 15.6. The molecule has 7 heteroatoms. The predicted octanol–water partition coefficient (Wildman–Crippen LogP) is 7.94. The number of fused-ring (bicyclic) bond motifs is 4. The van der Waals surface area contributed by atoms with Crippen LogP contribution in [0.1, 0.15) is 28.4 Å². The Morgan fingerprint density at radius 1 is 0.795 bits per heavy atom. The smallest absolute Gasteiger partial charge is 0.179 e. The Labute approximate surface area is 231 Å². The van der Waals surface area contributed by atoms with Crippen molar-refractivity contribution in [2.75, 3.05) is 10.2 Å². The Hall–Kier alpha value is -4.68. The second kappa shape index (κ2) is 9.26. The van der Waals surface area contributed by atoms with Gasteiger partial charge in [-0.05, 0) is 61.4 Å². The number of hydrogen-bond acceptors (Lipinski definition) is 5. The summed E-state index contributed by atoms with van der Waals surface area (Å²) in [6.45, 7) is 4.05. The number of aromatic nitrogens is 2. The Morgan fingerprint density at radius 3 is 2.28 bits per heavy atom. The third kappa shape index (κ3) is 3.92. The lowest BCUT2D eigenvalue weighted by molar-refractivity contribution is 0.815. The predicted molar refractivity (Wildman–Crippen MR) is 160 cm³/mol. The first-order chi connectivity index (χ1) is 19.1. The van der Waals surface area contributed by atoms with Gasteiger partial charge < -0.3 is 10.2 Å². The summed E-state index contributed by atoms with van der Waals surface area (Å²) in [7, 11) is 0. The van der Waals surface area contributed by atoms with Crippen molar-refractivity contribution in [1.82, 2.24) is 9.78 Å². The molecule has 190 valence electrons. The molecule has 1 atom stereocenters. The number of nitrogens with zero attached hydrogens (tertiary/aromatic N) is 5. The fourth-order valence-corrected chi connectivity index (χ4v) is 5.49. The van der Waals surface area contributed by atoms with Crippen LogP contribution in [0.25, 0.3) is 5.69 Å². The van der Waals surface area contributed by atoms with E-state index >= 15 is 0 Å². The Morgan fingerprint density at radius 2 is 1.51 bits per heavy atom. The van der Waals surface area contributed by atoms with Crippen molar-refractivity contribution in [3.63, 3.8) is 0 Å². The molecule has 0 radical (unpaired) electrons. The van der Waals surface area contributed by atoms with E-state index in [1.807, 2.05) is 72.3 Å². The minimum atomic E-state index is -0.152. The van der Waals surface area contributed by atoms with Gasteiger partial charge in [-0.3, -0.25) is 0 Å². The van der Waals surface area contributed by atoms with Crippen LogP contribution < -0.4 is 10.2 Å². The van der Waals surface area contributed by atoms with Crippen LogP contribution in [0, 0.1) is 13.8 Å². The molecule has 3 heterocycles. The molecule has 0 spiro atoms. The number of rotatable bonds is 3. The van der Waals surface area contributed by atoms with Gasteiger partial charge in [-0.25, -0.2) is 14.7 Å². The van der Waals surface area contributed by atoms with Crippen LogP contribution in [0.2, 0.25) is 5.02 Å². The zero-order valence-electron chi connectivity index (χ0n) is 21.5. The molecule has 2 aliphatic heterocycles. The Kier molecular flexibility index (Phi) is 5.56. The van der Waals surface area contributed by atoms with E-state index < -0.39 is 0 Å². The zero-order valence-corrected chi connectivity index (χ0v) is 22.3. The Bertz CT molecular complexity index is 1770. The highest BCUT2D eigenvalue weighted by Crippen LogP contribution is 2.48. The second-order valence-electron chi connectivity index (χ2n) is 9.73. The van der Waals surface area contributed by atoms with E-state index in [2.05, 4.69) is 59.6 Å². The van der Waals surface area contributed by atoms with E-state index in [0.717, 1.165) is 56.8 Å². The average molecular weight is 529 g/mol. The van der Waals surface area contributed by atoms with Crippen LogP contribution in [-0.2, 0) is 0 Å². The molecular formula is C32H25ClN6. The summed E-state index contributed by atoms with van der Waals surface area (Å²) in [4.78, 5) is 12.6. The SMILES string of the molecule is Cc1ccc(NC2=Nc3ccccc3N3C2=Nc2c(c(C)nn2-c2ccccc2)[C@@H]3c2ccccc2)cc1Cl. The van der Waals surface area contributed by atoms with Gasteiger partial charge in [0.05, 0.1) is 28.8 Å². The summed E-state index contributed by atoms with van der Waals surface area (Å²) in [6, 6.07) is 34.6. The number of aryl methyl sites for hydroxylation is 2. The number of nitrogens with one attached hydrogen (secondary N) is 1. The Balaban J connectivity index is 1.49. The minimum Gasteiger partial charge on any atom is -0.337 e. The highest BCUT2D eigenvalue weighted by molar-refractivity contribution is 6.51. The lowest BCUT2D eigenvalue weighted by Crippen LogP contribution is -2.46. The van der Waals surface area contributed by atoms with Crippen LogP contribution in [0.4, 0.5) is 22.9 Å². The lowest BCUT2D eigenvalue weighted by Gasteiger charge is -2.40. The van der Waals surface area contributed by atoms with Crippen LogP contribution >= 0.6 is 11.6 Å². The zero-order chi connectivity index (χ0) is 26.5. The van der Waals surface area contributed by atoms with Gasteiger partial charge in [-0.1, -0.05) is 78.3 Å². The molecule has 1 aromatic heterocycles. The van der Waals surface area contributed by atoms with Gasteiger partial charge in [0, 0.05) is 16.3 Å². The molecule has 2 aliphatic rings. The molecule has 0 amide bonds. The topological polar surface area (TPSA) is 57.8 Å². The van der Waals surface area contributed by atoms with Gasteiger partial charge >= 0.3 is 0 Å². The molecular weight excluding hydrogens is 504 g/mol. The number of benzene rings is 4.